The van der Waals surface area contributed by atoms with Crippen LogP contribution in [-0.4, -0.2) is 51.0 Å². The molecule has 114 valence electrons. The summed E-state index contributed by atoms with van der Waals surface area (Å²) < 4.78 is 20.0. The van der Waals surface area contributed by atoms with E-state index in [1.165, 1.54) is 23.0 Å². The van der Waals surface area contributed by atoms with Crippen molar-refractivity contribution in [2.45, 2.75) is 18.6 Å². The van der Waals surface area contributed by atoms with Gasteiger partial charge < -0.3 is 14.7 Å². The Kier molecular flexibility index (Phi) is 2.90. The first kappa shape index (κ1) is 13.3. The Hall–Kier alpha value is -2.41. The molecule has 0 saturated carbocycles. The predicted molar refractivity (Wildman–Crippen MR) is 74.4 cm³/mol. The van der Waals surface area contributed by atoms with Gasteiger partial charge in [-0.15, -0.1) is 0 Å². The first-order valence-electron chi connectivity index (χ1n) is 7.09. The zero-order chi connectivity index (χ0) is 15.3. The lowest BCUT2D eigenvalue weighted by atomic mass is 10.2. The molecule has 6 nitrogen and oxygen atoms in total. The van der Waals surface area contributed by atoms with Crippen LogP contribution in [0.15, 0.2) is 30.5 Å². The standard InChI is InChI=1S/C15H14FN3O3/c16-9-2-1-3-10(4-9)19-7-13(20)14(17-19)15(21)18-6-12-5-11(18)8-22-12/h1-4,7,11-12,20H,5-6,8H2/t11-,12-/m1/s1. The number of likely N-dealkylation sites (tertiary alicyclic amines) is 1. The molecule has 22 heavy (non-hydrogen) atoms. The van der Waals surface area contributed by atoms with Gasteiger partial charge in [-0.2, -0.15) is 5.10 Å². The summed E-state index contributed by atoms with van der Waals surface area (Å²) in [6, 6.07) is 5.85. The highest BCUT2D eigenvalue weighted by Gasteiger charge is 2.42. The third-order valence-electron chi connectivity index (χ3n) is 4.13. The zero-order valence-corrected chi connectivity index (χ0v) is 11.6. The van der Waals surface area contributed by atoms with E-state index in [1.807, 2.05) is 0 Å². The highest BCUT2D eigenvalue weighted by Crippen LogP contribution is 2.30. The lowest BCUT2D eigenvalue weighted by Gasteiger charge is -2.26. The van der Waals surface area contributed by atoms with E-state index in [9.17, 15) is 14.3 Å². The number of halogens is 1. The number of amides is 1. The summed E-state index contributed by atoms with van der Waals surface area (Å²) >= 11 is 0. The van der Waals surface area contributed by atoms with Crippen LogP contribution in [0.25, 0.3) is 5.69 Å². The third kappa shape index (κ3) is 2.05. The second kappa shape index (κ2) is 4.81. The van der Waals surface area contributed by atoms with Crippen LogP contribution in [0.2, 0.25) is 0 Å². The molecular formula is C15H14FN3O3. The summed E-state index contributed by atoms with van der Waals surface area (Å²) in [5.74, 6) is -0.934. The molecule has 0 spiro atoms. The zero-order valence-electron chi connectivity index (χ0n) is 11.6. The fraction of sp³-hybridized carbons (Fsp3) is 0.333. The van der Waals surface area contributed by atoms with Crippen molar-refractivity contribution in [1.29, 1.82) is 0 Å². The predicted octanol–water partition coefficient (Wildman–Crippen LogP) is 1.33. The Morgan fingerprint density at radius 3 is 3.00 bits per heavy atom. The van der Waals surface area contributed by atoms with Crippen molar-refractivity contribution in [1.82, 2.24) is 14.7 Å². The van der Waals surface area contributed by atoms with Gasteiger partial charge in [0.15, 0.2) is 11.4 Å². The first-order chi connectivity index (χ1) is 10.6. The molecule has 0 radical (unpaired) electrons. The van der Waals surface area contributed by atoms with Crippen molar-refractivity contribution >= 4 is 5.91 Å². The maximum absolute atomic E-state index is 13.3. The van der Waals surface area contributed by atoms with Gasteiger partial charge in [0.05, 0.1) is 30.6 Å². The minimum Gasteiger partial charge on any atom is -0.504 e. The second-order valence-electron chi connectivity index (χ2n) is 5.59. The summed E-state index contributed by atoms with van der Waals surface area (Å²) in [4.78, 5) is 14.2. The van der Waals surface area contributed by atoms with Gasteiger partial charge in [-0.05, 0) is 24.6 Å². The molecule has 1 aromatic heterocycles. The van der Waals surface area contributed by atoms with Crippen LogP contribution in [0.4, 0.5) is 4.39 Å². The molecule has 2 atom stereocenters. The number of hydrogen-bond donors (Lipinski definition) is 1. The molecule has 1 aromatic carbocycles. The highest BCUT2D eigenvalue weighted by atomic mass is 19.1. The monoisotopic (exact) mass is 303 g/mol. The average molecular weight is 303 g/mol. The van der Waals surface area contributed by atoms with Gasteiger partial charge in [0.2, 0.25) is 0 Å². The van der Waals surface area contributed by atoms with Crippen LogP contribution >= 0.6 is 0 Å². The molecular weight excluding hydrogens is 289 g/mol. The summed E-state index contributed by atoms with van der Waals surface area (Å²) in [5, 5.41) is 14.1. The molecule has 2 saturated heterocycles. The molecule has 0 unspecified atom stereocenters. The van der Waals surface area contributed by atoms with Crippen LogP contribution in [0, 0.1) is 5.82 Å². The number of hydrogen-bond acceptors (Lipinski definition) is 4. The number of aromatic nitrogens is 2. The van der Waals surface area contributed by atoms with Gasteiger partial charge in [-0.1, -0.05) is 6.07 Å². The quantitative estimate of drug-likeness (QED) is 0.909. The van der Waals surface area contributed by atoms with Crippen molar-refractivity contribution in [3.05, 3.63) is 42.0 Å². The fourth-order valence-corrected chi connectivity index (χ4v) is 3.05. The molecule has 2 aliphatic rings. The number of morpholine rings is 1. The van der Waals surface area contributed by atoms with Gasteiger partial charge in [-0.25, -0.2) is 9.07 Å². The van der Waals surface area contributed by atoms with E-state index in [0.717, 1.165) is 6.42 Å². The van der Waals surface area contributed by atoms with Crippen molar-refractivity contribution < 1.29 is 19.0 Å². The van der Waals surface area contributed by atoms with E-state index < -0.39 is 5.82 Å². The number of carbonyl (C=O) groups is 1. The number of benzene rings is 1. The number of carbonyl (C=O) groups excluding carboxylic acids is 1. The number of fused-ring (bicyclic) bond motifs is 2. The van der Waals surface area contributed by atoms with Crippen molar-refractivity contribution in [3.8, 4) is 11.4 Å². The Balaban J connectivity index is 1.64. The fourth-order valence-electron chi connectivity index (χ4n) is 3.05. The minimum atomic E-state index is -0.408. The van der Waals surface area contributed by atoms with E-state index in [0.29, 0.717) is 18.8 Å². The maximum Gasteiger partial charge on any atom is 0.278 e. The van der Waals surface area contributed by atoms with Gasteiger partial charge in [0.25, 0.3) is 5.91 Å². The van der Waals surface area contributed by atoms with Crippen molar-refractivity contribution in [2.75, 3.05) is 13.2 Å². The number of ether oxygens (including phenoxy) is 1. The van der Waals surface area contributed by atoms with E-state index in [-0.39, 0.29) is 29.5 Å². The number of rotatable bonds is 2. The lowest BCUT2D eigenvalue weighted by molar-refractivity contribution is 0.0253. The molecule has 3 heterocycles. The van der Waals surface area contributed by atoms with Crippen LogP contribution in [0.3, 0.4) is 0 Å². The Morgan fingerprint density at radius 1 is 1.45 bits per heavy atom. The third-order valence-corrected chi connectivity index (χ3v) is 4.13. The largest absolute Gasteiger partial charge is 0.504 e. The Bertz CT molecular complexity index is 745. The molecule has 2 aliphatic heterocycles. The average Bonchev–Trinajstić information content (AvgIpc) is 3.21. The minimum absolute atomic E-state index is 0.0168. The molecule has 2 aromatic rings. The molecule has 2 fully saturated rings. The van der Waals surface area contributed by atoms with Gasteiger partial charge in [0.1, 0.15) is 5.82 Å². The van der Waals surface area contributed by atoms with Gasteiger partial charge in [0, 0.05) is 6.54 Å². The van der Waals surface area contributed by atoms with Gasteiger partial charge in [-0.3, -0.25) is 4.79 Å². The normalized spacial score (nSPS) is 23.2. The lowest BCUT2D eigenvalue weighted by Crippen LogP contribution is -2.41. The van der Waals surface area contributed by atoms with Gasteiger partial charge >= 0.3 is 0 Å². The smallest absolute Gasteiger partial charge is 0.278 e. The first-order valence-corrected chi connectivity index (χ1v) is 7.09. The van der Waals surface area contributed by atoms with Crippen molar-refractivity contribution in [3.63, 3.8) is 0 Å². The second-order valence-corrected chi connectivity index (χ2v) is 5.59. The summed E-state index contributed by atoms with van der Waals surface area (Å²) in [7, 11) is 0. The van der Waals surface area contributed by atoms with Crippen molar-refractivity contribution in [2.24, 2.45) is 0 Å². The maximum atomic E-state index is 13.3. The molecule has 1 N–H and O–H groups in total. The topological polar surface area (TPSA) is 67.6 Å². The van der Waals surface area contributed by atoms with E-state index in [1.54, 1.807) is 17.0 Å². The summed E-state index contributed by atoms with van der Waals surface area (Å²) in [6.07, 6.45) is 2.23. The van der Waals surface area contributed by atoms with Crippen LogP contribution < -0.4 is 0 Å². The molecule has 2 bridgehead atoms. The molecule has 0 aliphatic carbocycles. The van der Waals surface area contributed by atoms with Crippen LogP contribution in [-0.2, 0) is 4.74 Å². The number of nitrogens with zero attached hydrogens (tertiary/aromatic N) is 3. The highest BCUT2D eigenvalue weighted by molar-refractivity contribution is 5.95. The molecule has 1 amide bonds. The molecule has 4 rings (SSSR count). The van der Waals surface area contributed by atoms with E-state index in [2.05, 4.69) is 5.10 Å². The number of aromatic hydroxyl groups is 1. The van der Waals surface area contributed by atoms with Crippen LogP contribution in [0.5, 0.6) is 5.75 Å². The molecule has 7 heteroatoms. The SMILES string of the molecule is O=C(c1nn(-c2cccc(F)c2)cc1O)N1C[C@H]2C[C@@H]1CO2. The summed E-state index contributed by atoms with van der Waals surface area (Å²) in [6.45, 7) is 1.05. The van der Waals surface area contributed by atoms with E-state index in [4.69, 9.17) is 4.74 Å². The Labute approximate surface area is 125 Å². The van der Waals surface area contributed by atoms with E-state index >= 15 is 0 Å². The Morgan fingerprint density at radius 2 is 2.32 bits per heavy atom. The van der Waals surface area contributed by atoms with Crippen LogP contribution in [0.1, 0.15) is 16.9 Å². The summed E-state index contributed by atoms with van der Waals surface area (Å²) in [5.41, 5.74) is 0.428.